The van der Waals surface area contributed by atoms with Crippen LogP contribution >= 0.6 is 0 Å². The third-order valence-electron chi connectivity index (χ3n) is 10.6. The zero-order chi connectivity index (χ0) is 39.3. The summed E-state index contributed by atoms with van der Waals surface area (Å²) in [5.74, 6) is -1.58. The topological polar surface area (TPSA) is 169 Å². The summed E-state index contributed by atoms with van der Waals surface area (Å²) in [5, 5.41) is 7.68. The molecule has 1 unspecified atom stereocenters. The number of nitrogens with one attached hydrogen (secondary N) is 2. The normalized spacial score (nSPS) is 21.0. The quantitative estimate of drug-likeness (QED) is 0.173. The number of anilines is 1. The number of aryl methyl sites for hydroxylation is 3. The molecule has 3 aromatic heterocycles. The summed E-state index contributed by atoms with van der Waals surface area (Å²) < 4.78 is 70.1. The molecule has 0 spiro atoms. The van der Waals surface area contributed by atoms with Gasteiger partial charge >= 0.3 is 6.18 Å². The molecule has 13 nitrogen and oxygen atoms in total. The Hall–Kier alpha value is -4.77. The van der Waals surface area contributed by atoms with Gasteiger partial charge in [0.25, 0.3) is 0 Å². The first-order valence-corrected chi connectivity index (χ1v) is 19.5. The van der Waals surface area contributed by atoms with E-state index in [1.54, 1.807) is 26.2 Å². The second-order valence-electron chi connectivity index (χ2n) is 14.3. The summed E-state index contributed by atoms with van der Waals surface area (Å²) in [6.07, 6.45) is 0.418. The molecule has 17 heteroatoms. The van der Waals surface area contributed by atoms with Crippen LogP contribution in [0.5, 0.6) is 0 Å². The number of benzene rings is 1. The number of hydrogen-bond acceptors (Lipinski definition) is 9. The number of piperidine rings is 1. The van der Waals surface area contributed by atoms with Gasteiger partial charge in [-0.05, 0) is 73.9 Å². The van der Waals surface area contributed by atoms with E-state index >= 15 is 0 Å². The average molecular weight is 769 g/mol. The van der Waals surface area contributed by atoms with Gasteiger partial charge in [-0.2, -0.15) is 18.3 Å². The van der Waals surface area contributed by atoms with Crippen molar-refractivity contribution in [3.63, 3.8) is 0 Å². The van der Waals surface area contributed by atoms with Crippen molar-refractivity contribution < 1.29 is 36.0 Å². The van der Waals surface area contributed by atoms with Crippen LogP contribution in [0.2, 0.25) is 0 Å². The van der Waals surface area contributed by atoms with E-state index in [0.717, 1.165) is 29.2 Å². The number of amides is 2. The van der Waals surface area contributed by atoms with Gasteiger partial charge in [-0.15, -0.1) is 0 Å². The van der Waals surface area contributed by atoms with Gasteiger partial charge < -0.3 is 10.2 Å². The van der Waals surface area contributed by atoms with Gasteiger partial charge in [0.05, 0.1) is 11.3 Å². The maximum Gasteiger partial charge on any atom is 0.433 e. The number of ketones is 1. The fourth-order valence-electron chi connectivity index (χ4n) is 7.79. The van der Waals surface area contributed by atoms with Gasteiger partial charge in [0, 0.05) is 48.3 Å². The number of nitrogens with zero attached hydrogens (tertiary/aromatic N) is 6. The number of rotatable bonds is 13. The van der Waals surface area contributed by atoms with Crippen LogP contribution in [-0.4, -0.2) is 80.0 Å². The Morgan fingerprint density at radius 2 is 1.74 bits per heavy atom. The summed E-state index contributed by atoms with van der Waals surface area (Å²) in [6, 6.07) is 4.08. The Bertz CT molecular complexity index is 2240. The molecule has 54 heavy (non-hydrogen) atoms. The smallest absolute Gasteiger partial charge is 0.325 e. The molecule has 2 fully saturated rings. The van der Waals surface area contributed by atoms with Crippen LogP contribution in [0.3, 0.4) is 0 Å². The lowest BCUT2D eigenvalue weighted by Crippen LogP contribution is -2.47. The minimum atomic E-state index is -4.75. The predicted molar refractivity (Wildman–Crippen MR) is 195 cm³/mol. The highest BCUT2D eigenvalue weighted by Crippen LogP contribution is 2.64. The minimum Gasteiger partial charge on any atom is -0.325 e. The third-order valence-corrected chi connectivity index (χ3v) is 12.1. The molecule has 6 rings (SSSR count). The molecule has 1 aliphatic carbocycles. The van der Waals surface area contributed by atoms with E-state index in [4.69, 9.17) is 0 Å². The second kappa shape index (κ2) is 14.5. The molecular formula is C37H43F3N8O5S. The number of alkyl halides is 3. The highest BCUT2D eigenvalue weighted by molar-refractivity contribution is 7.89. The Kier molecular flexibility index (Phi) is 10.4. The first kappa shape index (κ1) is 38.9. The molecule has 2 aliphatic rings. The van der Waals surface area contributed by atoms with E-state index < -0.39 is 51.2 Å². The summed E-state index contributed by atoms with van der Waals surface area (Å²) in [6.45, 7) is 9.89. The van der Waals surface area contributed by atoms with Crippen LogP contribution in [0.4, 0.5) is 19.0 Å². The highest BCUT2D eigenvalue weighted by atomic mass is 32.2. The predicted octanol–water partition coefficient (Wildman–Crippen LogP) is 5.25. The van der Waals surface area contributed by atoms with Crippen LogP contribution in [0, 0.1) is 25.2 Å². The van der Waals surface area contributed by atoms with Crippen molar-refractivity contribution in [1.82, 2.24) is 34.4 Å². The summed E-state index contributed by atoms with van der Waals surface area (Å²) in [5.41, 5.74) is 1.38. The monoisotopic (exact) mass is 768 g/mol. The second-order valence-corrected chi connectivity index (χ2v) is 16.3. The lowest BCUT2D eigenvalue weighted by molar-refractivity contribution is -0.141. The van der Waals surface area contributed by atoms with E-state index in [0.29, 0.717) is 29.6 Å². The van der Waals surface area contributed by atoms with Crippen molar-refractivity contribution in [2.45, 2.75) is 92.0 Å². The van der Waals surface area contributed by atoms with E-state index in [2.05, 4.69) is 30.1 Å². The number of sulfonamides is 1. The first-order chi connectivity index (χ1) is 25.4. The fourth-order valence-corrected chi connectivity index (χ4v) is 8.96. The molecule has 4 atom stereocenters. The number of aromatic nitrogens is 5. The van der Waals surface area contributed by atoms with Crippen LogP contribution in [0.1, 0.15) is 80.1 Å². The molecular weight excluding hydrogens is 726 g/mol. The zero-order valence-electron chi connectivity index (χ0n) is 30.9. The number of carbonyl (C=O) groups excluding carboxylic acids is 3. The molecule has 288 valence electrons. The Labute approximate surface area is 311 Å². The Morgan fingerprint density at radius 1 is 1.04 bits per heavy atom. The minimum absolute atomic E-state index is 0.0269. The van der Waals surface area contributed by atoms with Crippen molar-refractivity contribution in [3.05, 3.63) is 65.0 Å². The number of halogens is 3. The van der Waals surface area contributed by atoms with E-state index in [1.165, 1.54) is 29.5 Å². The van der Waals surface area contributed by atoms with Gasteiger partial charge in [0.15, 0.2) is 5.78 Å². The van der Waals surface area contributed by atoms with Crippen LogP contribution < -0.4 is 10.0 Å². The zero-order valence-corrected chi connectivity index (χ0v) is 31.7. The molecule has 2 amide bonds. The molecule has 0 radical (unpaired) electrons. The summed E-state index contributed by atoms with van der Waals surface area (Å²) in [4.78, 5) is 55.2. The SMILES string of the molecule is CCCc1cc(-c2cnc(C)nc2)cc2c(C(C)=O)nn(CC(=O)N3C4[C@H](C)[C@]4(CNS(=O)(=O)CCC)C[C@H]3C(=O)Nc3nc(C(F)(F)F)ccc3C)c12. The molecule has 2 N–H and O–H groups in total. The summed E-state index contributed by atoms with van der Waals surface area (Å²) >= 11 is 0. The summed E-state index contributed by atoms with van der Waals surface area (Å²) in [7, 11) is -3.64. The molecule has 1 saturated heterocycles. The third kappa shape index (κ3) is 7.34. The van der Waals surface area contributed by atoms with Gasteiger partial charge in [0.1, 0.15) is 35.6 Å². The molecule has 1 aromatic carbocycles. The van der Waals surface area contributed by atoms with Crippen molar-refractivity contribution in [3.8, 4) is 11.1 Å². The van der Waals surface area contributed by atoms with E-state index in [9.17, 15) is 36.0 Å². The van der Waals surface area contributed by atoms with Gasteiger partial charge in [0.2, 0.25) is 21.8 Å². The van der Waals surface area contributed by atoms with Gasteiger partial charge in [-0.3, -0.25) is 19.1 Å². The van der Waals surface area contributed by atoms with Crippen molar-refractivity contribution in [2.24, 2.45) is 11.3 Å². The largest absolute Gasteiger partial charge is 0.433 e. The Balaban J connectivity index is 1.39. The number of Topliss-reactive ketones (excluding diaryl/α,β-unsaturated/α-hetero) is 1. The maximum atomic E-state index is 14.6. The molecule has 1 saturated carbocycles. The standard InChI is InChI=1S/C37H43F3N8O5S/c1-7-9-24-13-25(26-16-41-23(6)42-17-26)14-27-31(22(5)49)46-47(32(24)27)18-30(50)48-28(15-36(21(4)33(36)48)19-43-54(52,53)12-8-2)35(51)45-34-20(3)10-11-29(44-34)37(38,39)40/h10-11,13-14,16-17,21,28,33,43H,7-9,12,15,18-19H2,1-6H3,(H,44,45,51)/t21-,28-,33?,36+/m0/s1. The number of hydrogen-bond donors (Lipinski definition) is 2. The highest BCUT2D eigenvalue weighted by Gasteiger charge is 2.72. The maximum absolute atomic E-state index is 14.6. The van der Waals surface area contributed by atoms with E-state index in [1.807, 2.05) is 26.0 Å². The van der Waals surface area contributed by atoms with Gasteiger partial charge in [-0.25, -0.2) is 28.1 Å². The van der Waals surface area contributed by atoms with E-state index in [-0.39, 0.29) is 54.0 Å². The van der Waals surface area contributed by atoms with Crippen LogP contribution in [0.25, 0.3) is 22.0 Å². The van der Waals surface area contributed by atoms with Crippen molar-refractivity contribution >= 4 is 44.3 Å². The fraction of sp³-hybridized carbons (Fsp3) is 0.486. The molecule has 4 aromatic rings. The lowest BCUT2D eigenvalue weighted by Gasteiger charge is -2.28. The number of likely N-dealkylation sites (tertiary alicyclic amines) is 1. The van der Waals surface area contributed by atoms with Crippen molar-refractivity contribution in [1.29, 1.82) is 0 Å². The van der Waals surface area contributed by atoms with Crippen molar-refractivity contribution in [2.75, 3.05) is 17.6 Å². The Morgan fingerprint density at radius 3 is 2.37 bits per heavy atom. The number of fused-ring (bicyclic) bond motifs is 2. The number of pyridine rings is 1. The molecule has 1 aliphatic heterocycles. The lowest BCUT2D eigenvalue weighted by atomic mass is 9.96. The molecule has 0 bridgehead atoms. The first-order valence-electron chi connectivity index (χ1n) is 17.9. The number of carbonyl (C=O) groups is 3. The molecule has 4 heterocycles. The van der Waals surface area contributed by atoms with Crippen LogP contribution in [-0.2, 0) is 38.8 Å². The average Bonchev–Trinajstić information content (AvgIpc) is 3.36. The van der Waals surface area contributed by atoms with Gasteiger partial charge in [-0.1, -0.05) is 33.3 Å². The van der Waals surface area contributed by atoms with Crippen LogP contribution in [0.15, 0.2) is 36.7 Å².